The molecule has 0 atom stereocenters. The van der Waals surface area contributed by atoms with Crippen LogP contribution in [0.2, 0.25) is 0 Å². The van der Waals surface area contributed by atoms with Gasteiger partial charge in [-0.3, -0.25) is 4.79 Å². The van der Waals surface area contributed by atoms with E-state index in [0.717, 1.165) is 31.7 Å². The van der Waals surface area contributed by atoms with Gasteiger partial charge in [0.1, 0.15) is 17.6 Å². The Hall–Kier alpha value is -1.81. The third-order valence-corrected chi connectivity index (χ3v) is 3.57. The molecule has 0 saturated carbocycles. The van der Waals surface area contributed by atoms with Gasteiger partial charge >= 0.3 is 0 Å². The van der Waals surface area contributed by atoms with Crippen LogP contribution in [0.3, 0.4) is 0 Å². The zero-order chi connectivity index (χ0) is 13.2. The van der Waals surface area contributed by atoms with Gasteiger partial charge in [-0.1, -0.05) is 6.07 Å². The van der Waals surface area contributed by atoms with Crippen molar-refractivity contribution in [1.82, 2.24) is 4.98 Å². The highest BCUT2D eigenvalue weighted by Crippen LogP contribution is 2.27. The van der Waals surface area contributed by atoms with Crippen molar-refractivity contribution in [2.45, 2.75) is 18.8 Å². The van der Waals surface area contributed by atoms with Gasteiger partial charge in [0.05, 0.1) is 0 Å². The van der Waals surface area contributed by atoms with Gasteiger partial charge in [-0.05, 0) is 31.0 Å². The molecule has 1 aliphatic heterocycles. The van der Waals surface area contributed by atoms with Crippen molar-refractivity contribution in [3.8, 4) is 0 Å². The fourth-order valence-electron chi connectivity index (χ4n) is 2.52. The van der Waals surface area contributed by atoms with Crippen LogP contribution in [0.25, 0.3) is 10.9 Å². The number of halogens is 1. The lowest BCUT2D eigenvalue weighted by Crippen LogP contribution is -2.15. The molecule has 19 heavy (non-hydrogen) atoms. The first-order chi connectivity index (χ1) is 9.28. The van der Waals surface area contributed by atoms with E-state index in [1.807, 2.05) is 12.1 Å². The maximum Gasteiger partial charge on any atom is 0.150 e. The summed E-state index contributed by atoms with van der Waals surface area (Å²) >= 11 is 0. The fraction of sp³-hybridized carbons (Fsp3) is 0.333. The molecule has 1 aliphatic rings. The number of ether oxygens (including phenoxy) is 1. The van der Waals surface area contributed by atoms with Crippen molar-refractivity contribution < 1.29 is 13.9 Å². The number of benzene rings is 1. The molecule has 2 heterocycles. The first-order valence-corrected chi connectivity index (χ1v) is 6.41. The molecule has 1 saturated heterocycles. The Morgan fingerprint density at radius 2 is 2.05 bits per heavy atom. The molecule has 1 fully saturated rings. The molecular weight excluding hydrogens is 245 g/mol. The Morgan fingerprint density at radius 3 is 2.79 bits per heavy atom. The molecule has 0 radical (unpaired) electrons. The van der Waals surface area contributed by atoms with E-state index in [1.165, 1.54) is 6.07 Å². The number of carbonyl (C=O) groups is 1. The van der Waals surface area contributed by atoms with E-state index < -0.39 is 5.82 Å². The Kier molecular flexibility index (Phi) is 3.25. The summed E-state index contributed by atoms with van der Waals surface area (Å²) < 4.78 is 19.3. The zero-order valence-electron chi connectivity index (χ0n) is 10.4. The molecule has 98 valence electrons. The molecule has 0 unspecified atom stereocenters. The van der Waals surface area contributed by atoms with Crippen molar-refractivity contribution in [3.05, 3.63) is 41.3 Å². The number of aldehydes is 1. The fourth-order valence-corrected chi connectivity index (χ4v) is 2.52. The number of aromatic nitrogens is 1. The van der Waals surface area contributed by atoms with Gasteiger partial charge in [0.2, 0.25) is 0 Å². The largest absolute Gasteiger partial charge is 0.381 e. The summed E-state index contributed by atoms with van der Waals surface area (Å²) in [5, 5.41) is 0.665. The van der Waals surface area contributed by atoms with Crippen LogP contribution in [-0.2, 0) is 4.74 Å². The normalized spacial score (nSPS) is 16.7. The van der Waals surface area contributed by atoms with Gasteiger partial charge in [-0.2, -0.15) is 0 Å². The minimum absolute atomic E-state index is 0.336. The zero-order valence-corrected chi connectivity index (χ0v) is 10.4. The summed E-state index contributed by atoms with van der Waals surface area (Å²) in [5.74, 6) is -0.100. The van der Waals surface area contributed by atoms with Crippen LogP contribution in [0, 0.1) is 5.82 Å². The molecule has 0 aliphatic carbocycles. The van der Waals surface area contributed by atoms with Crippen molar-refractivity contribution >= 4 is 17.2 Å². The summed E-state index contributed by atoms with van der Waals surface area (Å²) in [4.78, 5) is 15.1. The first-order valence-electron chi connectivity index (χ1n) is 6.41. The highest BCUT2D eigenvalue weighted by molar-refractivity contribution is 5.87. The Labute approximate surface area is 110 Å². The van der Waals surface area contributed by atoms with Crippen LogP contribution in [0.4, 0.5) is 4.39 Å². The van der Waals surface area contributed by atoms with Gasteiger partial charge in [-0.15, -0.1) is 0 Å². The summed E-state index contributed by atoms with van der Waals surface area (Å²) in [6, 6.07) is 6.65. The second kappa shape index (κ2) is 5.05. The monoisotopic (exact) mass is 259 g/mol. The number of hydrogen-bond acceptors (Lipinski definition) is 3. The SMILES string of the molecule is O=Cc1cc(F)c2nc(C3CCOCC3)ccc2c1. The number of rotatable bonds is 2. The van der Waals surface area contributed by atoms with E-state index in [2.05, 4.69) is 4.98 Å². The number of nitrogens with zero attached hydrogens (tertiary/aromatic N) is 1. The molecule has 0 spiro atoms. The van der Waals surface area contributed by atoms with Gasteiger partial charge in [0.15, 0.2) is 0 Å². The standard InChI is InChI=1S/C15H14FNO2/c16-13-8-10(9-18)7-12-1-2-14(17-15(12)13)11-3-5-19-6-4-11/h1-2,7-9,11H,3-6H2. The lowest BCUT2D eigenvalue weighted by molar-refractivity contribution is 0.0845. The summed E-state index contributed by atoms with van der Waals surface area (Å²) in [6.07, 6.45) is 2.49. The first kappa shape index (κ1) is 12.2. The van der Waals surface area contributed by atoms with E-state index in [1.54, 1.807) is 6.07 Å². The molecule has 3 rings (SSSR count). The van der Waals surface area contributed by atoms with Crippen molar-refractivity contribution in [1.29, 1.82) is 0 Å². The van der Waals surface area contributed by atoms with E-state index in [4.69, 9.17) is 4.74 Å². The number of pyridine rings is 1. The highest BCUT2D eigenvalue weighted by Gasteiger charge is 2.18. The van der Waals surface area contributed by atoms with Crippen LogP contribution >= 0.6 is 0 Å². The molecule has 3 nitrogen and oxygen atoms in total. The molecule has 0 N–H and O–H groups in total. The van der Waals surface area contributed by atoms with Crippen LogP contribution in [0.5, 0.6) is 0 Å². The highest BCUT2D eigenvalue weighted by atomic mass is 19.1. The van der Waals surface area contributed by atoms with E-state index >= 15 is 0 Å². The number of hydrogen-bond donors (Lipinski definition) is 0. The van der Waals surface area contributed by atoms with E-state index in [-0.39, 0.29) is 0 Å². The molecular formula is C15H14FNO2. The predicted octanol–water partition coefficient (Wildman–Crippen LogP) is 3.08. The smallest absolute Gasteiger partial charge is 0.150 e. The lowest BCUT2D eigenvalue weighted by Gasteiger charge is -2.21. The van der Waals surface area contributed by atoms with Gasteiger partial charge in [-0.25, -0.2) is 9.37 Å². The minimum atomic E-state index is -0.437. The van der Waals surface area contributed by atoms with Crippen molar-refractivity contribution in [2.75, 3.05) is 13.2 Å². The van der Waals surface area contributed by atoms with E-state index in [0.29, 0.717) is 28.7 Å². The molecule has 4 heteroatoms. The van der Waals surface area contributed by atoms with Crippen molar-refractivity contribution in [2.24, 2.45) is 0 Å². The summed E-state index contributed by atoms with van der Waals surface area (Å²) in [7, 11) is 0. The topological polar surface area (TPSA) is 39.2 Å². The van der Waals surface area contributed by atoms with Gasteiger partial charge < -0.3 is 4.74 Å². The molecule has 2 aromatic rings. The van der Waals surface area contributed by atoms with Crippen LogP contribution in [0.15, 0.2) is 24.3 Å². The average molecular weight is 259 g/mol. The second-order valence-electron chi connectivity index (χ2n) is 4.82. The maximum absolute atomic E-state index is 13.9. The summed E-state index contributed by atoms with van der Waals surface area (Å²) in [6.45, 7) is 1.47. The van der Waals surface area contributed by atoms with Crippen LogP contribution in [0.1, 0.15) is 34.8 Å². The Morgan fingerprint density at radius 1 is 1.26 bits per heavy atom. The Bertz CT molecular complexity index is 621. The molecule has 1 aromatic heterocycles. The molecule has 0 bridgehead atoms. The maximum atomic E-state index is 13.9. The van der Waals surface area contributed by atoms with Gasteiger partial charge in [0, 0.05) is 35.8 Å². The van der Waals surface area contributed by atoms with Gasteiger partial charge in [0.25, 0.3) is 0 Å². The quantitative estimate of drug-likeness (QED) is 0.778. The third-order valence-electron chi connectivity index (χ3n) is 3.57. The number of fused-ring (bicyclic) bond motifs is 1. The average Bonchev–Trinajstić information content (AvgIpc) is 2.47. The molecule has 0 amide bonds. The molecule has 1 aromatic carbocycles. The lowest BCUT2D eigenvalue weighted by atomic mass is 9.95. The Balaban J connectivity index is 2.05. The second-order valence-corrected chi connectivity index (χ2v) is 4.82. The number of carbonyl (C=O) groups excluding carboxylic acids is 1. The van der Waals surface area contributed by atoms with Crippen LogP contribution in [-0.4, -0.2) is 24.5 Å². The minimum Gasteiger partial charge on any atom is -0.381 e. The summed E-state index contributed by atoms with van der Waals surface area (Å²) in [5.41, 5.74) is 1.59. The predicted molar refractivity (Wildman–Crippen MR) is 69.9 cm³/mol. The van der Waals surface area contributed by atoms with Crippen molar-refractivity contribution in [3.63, 3.8) is 0 Å². The van der Waals surface area contributed by atoms with Crippen LogP contribution < -0.4 is 0 Å². The van der Waals surface area contributed by atoms with E-state index in [9.17, 15) is 9.18 Å². The third kappa shape index (κ3) is 2.36.